The van der Waals surface area contributed by atoms with Crippen LogP contribution in [0.4, 0.5) is 0 Å². The topological polar surface area (TPSA) is 52.7 Å². The molecule has 0 bridgehead atoms. The molecule has 6 heteroatoms. The van der Waals surface area contributed by atoms with Gasteiger partial charge in [0.1, 0.15) is 6.04 Å². The second-order valence-corrected chi connectivity index (χ2v) is 8.86. The van der Waals surface area contributed by atoms with E-state index in [9.17, 15) is 9.59 Å². The molecule has 1 aromatic heterocycles. The van der Waals surface area contributed by atoms with Crippen molar-refractivity contribution in [1.82, 2.24) is 15.1 Å². The number of likely N-dealkylation sites (tertiary alicyclic amines) is 2. The predicted octanol–water partition coefficient (Wildman–Crippen LogP) is 3.76. The summed E-state index contributed by atoms with van der Waals surface area (Å²) >= 11 is 1.75. The third-order valence-corrected chi connectivity index (χ3v) is 6.93. The summed E-state index contributed by atoms with van der Waals surface area (Å²) in [5.41, 5.74) is 0.883. The van der Waals surface area contributed by atoms with Gasteiger partial charge in [-0.05, 0) is 55.8 Å². The van der Waals surface area contributed by atoms with Crippen LogP contribution >= 0.6 is 11.3 Å². The zero-order valence-electron chi connectivity index (χ0n) is 16.8. The Labute approximate surface area is 176 Å². The number of hydrogen-bond acceptors (Lipinski definition) is 4. The summed E-state index contributed by atoms with van der Waals surface area (Å²) in [5.74, 6) is 0.00167. The lowest BCUT2D eigenvalue weighted by Gasteiger charge is -2.35. The van der Waals surface area contributed by atoms with Crippen molar-refractivity contribution in [2.45, 2.75) is 44.2 Å². The monoisotopic (exact) mass is 411 g/mol. The van der Waals surface area contributed by atoms with E-state index in [2.05, 4.69) is 27.7 Å². The van der Waals surface area contributed by atoms with Crippen LogP contribution in [0.1, 0.15) is 54.6 Å². The molecular formula is C23H29N3O2S. The zero-order chi connectivity index (χ0) is 20.1. The molecule has 2 aromatic rings. The van der Waals surface area contributed by atoms with E-state index >= 15 is 0 Å². The summed E-state index contributed by atoms with van der Waals surface area (Å²) in [5, 5.41) is 5.29. The molecule has 2 aliphatic rings. The van der Waals surface area contributed by atoms with Crippen LogP contribution in [-0.2, 0) is 9.59 Å². The Morgan fingerprint density at radius 3 is 2.45 bits per heavy atom. The largest absolute Gasteiger partial charge is 0.352 e. The van der Waals surface area contributed by atoms with Crippen molar-refractivity contribution in [1.29, 1.82) is 0 Å². The van der Waals surface area contributed by atoms with Gasteiger partial charge in [0, 0.05) is 24.4 Å². The molecule has 3 heterocycles. The van der Waals surface area contributed by atoms with Crippen molar-refractivity contribution in [3.8, 4) is 0 Å². The highest BCUT2D eigenvalue weighted by Crippen LogP contribution is 2.29. The van der Waals surface area contributed by atoms with Gasteiger partial charge in [-0.25, -0.2) is 0 Å². The van der Waals surface area contributed by atoms with Crippen LogP contribution in [-0.4, -0.2) is 47.8 Å². The van der Waals surface area contributed by atoms with E-state index in [4.69, 9.17) is 0 Å². The van der Waals surface area contributed by atoms with Gasteiger partial charge >= 0.3 is 0 Å². The Morgan fingerprint density at radius 1 is 1.00 bits per heavy atom. The van der Waals surface area contributed by atoms with Gasteiger partial charge in [-0.3, -0.25) is 14.5 Å². The highest BCUT2D eigenvalue weighted by Gasteiger charge is 2.33. The van der Waals surface area contributed by atoms with Crippen LogP contribution in [0.2, 0.25) is 0 Å². The number of carbonyl (C=O) groups excluding carboxylic acids is 2. The van der Waals surface area contributed by atoms with Gasteiger partial charge < -0.3 is 10.2 Å². The first-order chi connectivity index (χ1) is 14.2. The molecule has 2 fully saturated rings. The molecule has 2 saturated heterocycles. The molecule has 0 saturated carbocycles. The van der Waals surface area contributed by atoms with Crippen molar-refractivity contribution in [3.63, 3.8) is 0 Å². The Bertz CT molecular complexity index is 803. The maximum Gasteiger partial charge on any atom is 0.247 e. The number of benzene rings is 1. The lowest BCUT2D eigenvalue weighted by atomic mass is 10.0. The fourth-order valence-electron chi connectivity index (χ4n) is 4.45. The number of nitrogens with zero attached hydrogens (tertiary/aromatic N) is 2. The zero-order valence-corrected chi connectivity index (χ0v) is 17.6. The first-order valence-corrected chi connectivity index (χ1v) is 11.5. The molecule has 0 radical (unpaired) electrons. The number of hydrogen-bond donors (Lipinski definition) is 1. The SMILES string of the molecule is O=C(NCC(c1cccs1)N1CCCC1)C(c1ccccc1)N1CCCCC1=O. The molecule has 1 N–H and O–H groups in total. The van der Waals surface area contributed by atoms with Gasteiger partial charge in [0.05, 0.1) is 6.04 Å². The number of thiophene rings is 1. The highest BCUT2D eigenvalue weighted by atomic mass is 32.1. The van der Waals surface area contributed by atoms with E-state index < -0.39 is 6.04 Å². The van der Waals surface area contributed by atoms with Gasteiger partial charge in [-0.1, -0.05) is 36.4 Å². The minimum atomic E-state index is -0.549. The van der Waals surface area contributed by atoms with E-state index in [0.29, 0.717) is 19.5 Å². The van der Waals surface area contributed by atoms with Crippen molar-refractivity contribution in [2.24, 2.45) is 0 Å². The maximum absolute atomic E-state index is 13.4. The molecule has 4 rings (SSSR count). The highest BCUT2D eigenvalue weighted by molar-refractivity contribution is 7.10. The molecule has 0 spiro atoms. The second-order valence-electron chi connectivity index (χ2n) is 7.88. The molecule has 1 aromatic carbocycles. The minimum Gasteiger partial charge on any atom is -0.352 e. The Balaban J connectivity index is 1.52. The van der Waals surface area contributed by atoms with Gasteiger partial charge in [0.25, 0.3) is 0 Å². The van der Waals surface area contributed by atoms with E-state index in [-0.39, 0.29) is 17.9 Å². The lowest BCUT2D eigenvalue weighted by Crippen LogP contribution is -2.47. The Kier molecular flexibility index (Phi) is 6.62. The van der Waals surface area contributed by atoms with Crippen LogP contribution in [0, 0.1) is 0 Å². The van der Waals surface area contributed by atoms with Crippen LogP contribution < -0.4 is 5.32 Å². The summed E-state index contributed by atoms with van der Waals surface area (Å²) < 4.78 is 0. The molecule has 2 unspecified atom stereocenters. The summed E-state index contributed by atoms with van der Waals surface area (Å²) in [6, 6.07) is 13.6. The average Bonchev–Trinajstić information content (AvgIpc) is 3.46. The predicted molar refractivity (Wildman–Crippen MR) is 116 cm³/mol. The van der Waals surface area contributed by atoms with Crippen molar-refractivity contribution in [2.75, 3.05) is 26.2 Å². The van der Waals surface area contributed by atoms with E-state index in [1.165, 1.54) is 17.7 Å². The molecule has 2 aliphatic heterocycles. The number of carbonyl (C=O) groups is 2. The van der Waals surface area contributed by atoms with Gasteiger partial charge in [-0.2, -0.15) is 0 Å². The lowest BCUT2D eigenvalue weighted by molar-refractivity contribution is -0.142. The van der Waals surface area contributed by atoms with Crippen LogP contribution in [0.3, 0.4) is 0 Å². The van der Waals surface area contributed by atoms with Gasteiger partial charge in [0.2, 0.25) is 11.8 Å². The van der Waals surface area contributed by atoms with Gasteiger partial charge in [0.15, 0.2) is 0 Å². The van der Waals surface area contributed by atoms with E-state index in [0.717, 1.165) is 31.5 Å². The second kappa shape index (κ2) is 9.55. The fraction of sp³-hybridized carbons (Fsp3) is 0.478. The number of amides is 2. The summed E-state index contributed by atoms with van der Waals surface area (Å²) in [7, 11) is 0. The summed E-state index contributed by atoms with van der Waals surface area (Å²) in [6.07, 6.45) is 4.82. The molecule has 5 nitrogen and oxygen atoms in total. The maximum atomic E-state index is 13.4. The average molecular weight is 412 g/mol. The fourth-order valence-corrected chi connectivity index (χ4v) is 5.31. The molecule has 154 valence electrons. The molecule has 29 heavy (non-hydrogen) atoms. The van der Waals surface area contributed by atoms with Crippen LogP contribution in [0.25, 0.3) is 0 Å². The molecule has 2 amide bonds. The molecule has 2 atom stereocenters. The smallest absolute Gasteiger partial charge is 0.247 e. The minimum absolute atomic E-state index is 0.0767. The van der Waals surface area contributed by atoms with Crippen molar-refractivity contribution in [3.05, 3.63) is 58.3 Å². The molecular weight excluding hydrogens is 382 g/mol. The normalized spacial score (nSPS) is 19.9. The molecule has 0 aliphatic carbocycles. The Morgan fingerprint density at radius 2 is 1.76 bits per heavy atom. The van der Waals surface area contributed by atoms with E-state index in [1.54, 1.807) is 16.2 Å². The standard InChI is InChI=1S/C23H29N3O2S/c27-21-12-4-5-15-26(21)22(18-9-2-1-3-10-18)23(28)24-17-19(20-11-8-16-29-20)25-13-6-7-14-25/h1-3,8-11,16,19,22H,4-7,12-15,17H2,(H,24,28). The third-order valence-electron chi connectivity index (χ3n) is 5.96. The number of nitrogens with one attached hydrogen (secondary N) is 1. The first kappa shape index (κ1) is 20.1. The first-order valence-electron chi connectivity index (χ1n) is 10.6. The van der Waals surface area contributed by atoms with E-state index in [1.807, 2.05) is 30.3 Å². The van der Waals surface area contributed by atoms with Crippen molar-refractivity contribution >= 4 is 23.2 Å². The third kappa shape index (κ3) is 4.70. The summed E-state index contributed by atoms with van der Waals surface area (Å²) in [4.78, 5) is 31.5. The van der Waals surface area contributed by atoms with Gasteiger partial charge in [-0.15, -0.1) is 11.3 Å². The van der Waals surface area contributed by atoms with Crippen LogP contribution in [0.15, 0.2) is 47.8 Å². The Hall–Kier alpha value is -2.18. The quantitative estimate of drug-likeness (QED) is 0.755. The van der Waals surface area contributed by atoms with Crippen molar-refractivity contribution < 1.29 is 9.59 Å². The number of piperidine rings is 1. The number of rotatable bonds is 7. The van der Waals surface area contributed by atoms with Crippen LogP contribution in [0.5, 0.6) is 0 Å². The summed E-state index contributed by atoms with van der Waals surface area (Å²) in [6.45, 7) is 3.37.